The zero-order valence-corrected chi connectivity index (χ0v) is 15.1. The van der Waals surface area contributed by atoms with Gasteiger partial charge < -0.3 is 20.6 Å². The maximum absolute atomic E-state index is 13.8. The Hall–Kier alpha value is -2.64. The number of nitrogens with zero attached hydrogens (tertiary/aromatic N) is 1. The van der Waals surface area contributed by atoms with Gasteiger partial charge in [-0.2, -0.15) is 0 Å². The standard InChI is InChI=1S/C19H19ClFN3O3/c20-15-7-4-8-16(21)14(15)10-22-18(26)17-9-13(25)11-24(17)19(27)23-12-5-2-1-3-6-12/h1-8,13,17,25H,9-11H2,(H,22,26)(H,23,27)/t13-,17-/m0/s1. The van der Waals surface area contributed by atoms with Crippen LogP contribution < -0.4 is 10.6 Å². The zero-order chi connectivity index (χ0) is 19.4. The van der Waals surface area contributed by atoms with Gasteiger partial charge in [0.25, 0.3) is 0 Å². The third kappa shape index (κ3) is 4.56. The Labute approximate surface area is 160 Å². The average Bonchev–Trinajstić information content (AvgIpc) is 3.04. The van der Waals surface area contributed by atoms with Gasteiger partial charge in [0.1, 0.15) is 11.9 Å². The predicted octanol–water partition coefficient (Wildman–Crippen LogP) is 2.76. The number of likely N-dealkylation sites (tertiary alicyclic amines) is 1. The molecule has 0 unspecified atom stereocenters. The van der Waals surface area contributed by atoms with Crippen molar-refractivity contribution in [3.05, 3.63) is 64.9 Å². The molecule has 8 heteroatoms. The number of rotatable bonds is 4. The number of β-amino-alcohol motifs (C(OH)–C–C–N with tert-alkyl or cyclic N) is 1. The normalized spacial score (nSPS) is 19.0. The van der Waals surface area contributed by atoms with E-state index in [1.54, 1.807) is 24.3 Å². The predicted molar refractivity (Wildman–Crippen MR) is 99.8 cm³/mol. The molecule has 0 saturated carbocycles. The van der Waals surface area contributed by atoms with Crippen LogP contribution in [0.1, 0.15) is 12.0 Å². The molecule has 3 amide bonds. The fraction of sp³-hybridized carbons (Fsp3) is 0.263. The molecule has 1 saturated heterocycles. The quantitative estimate of drug-likeness (QED) is 0.749. The Kier molecular flexibility index (Phi) is 5.93. The van der Waals surface area contributed by atoms with Crippen molar-refractivity contribution in [2.45, 2.75) is 25.1 Å². The minimum Gasteiger partial charge on any atom is -0.391 e. The maximum Gasteiger partial charge on any atom is 0.322 e. The second-order valence-electron chi connectivity index (χ2n) is 6.27. The van der Waals surface area contributed by atoms with E-state index in [4.69, 9.17) is 11.6 Å². The number of aliphatic hydroxyl groups excluding tert-OH is 1. The first-order chi connectivity index (χ1) is 13.0. The Morgan fingerprint density at radius 1 is 1.19 bits per heavy atom. The lowest BCUT2D eigenvalue weighted by Crippen LogP contribution is -2.47. The van der Waals surface area contributed by atoms with Crippen LogP contribution in [0.3, 0.4) is 0 Å². The molecular weight excluding hydrogens is 373 g/mol. The number of carbonyl (C=O) groups excluding carboxylic acids is 2. The number of urea groups is 1. The van der Waals surface area contributed by atoms with Crippen molar-refractivity contribution >= 4 is 29.2 Å². The highest BCUT2D eigenvalue weighted by Gasteiger charge is 2.39. The van der Waals surface area contributed by atoms with Crippen molar-refractivity contribution < 1.29 is 19.1 Å². The number of halogens is 2. The van der Waals surface area contributed by atoms with Crippen molar-refractivity contribution in [2.24, 2.45) is 0 Å². The van der Waals surface area contributed by atoms with E-state index in [-0.39, 0.29) is 30.1 Å². The molecule has 2 aromatic carbocycles. The summed E-state index contributed by atoms with van der Waals surface area (Å²) in [6.07, 6.45) is -0.696. The first-order valence-corrected chi connectivity index (χ1v) is 8.85. The average molecular weight is 392 g/mol. The Balaban J connectivity index is 1.66. The van der Waals surface area contributed by atoms with E-state index in [2.05, 4.69) is 10.6 Å². The molecule has 6 nitrogen and oxygen atoms in total. The van der Waals surface area contributed by atoms with Crippen LogP contribution in [0.15, 0.2) is 48.5 Å². The summed E-state index contributed by atoms with van der Waals surface area (Å²) in [6.45, 7) is -0.0672. The molecule has 1 fully saturated rings. The molecule has 3 rings (SSSR count). The van der Waals surface area contributed by atoms with Gasteiger partial charge >= 0.3 is 6.03 Å². The van der Waals surface area contributed by atoms with Crippen LogP contribution in [0.4, 0.5) is 14.9 Å². The van der Waals surface area contributed by atoms with Gasteiger partial charge in [-0.05, 0) is 24.3 Å². The van der Waals surface area contributed by atoms with E-state index in [0.29, 0.717) is 5.69 Å². The van der Waals surface area contributed by atoms with Crippen LogP contribution >= 0.6 is 11.6 Å². The van der Waals surface area contributed by atoms with Crippen molar-refractivity contribution in [2.75, 3.05) is 11.9 Å². The van der Waals surface area contributed by atoms with Crippen LogP contribution in [0.2, 0.25) is 5.02 Å². The van der Waals surface area contributed by atoms with Crippen LogP contribution in [0, 0.1) is 5.82 Å². The Morgan fingerprint density at radius 2 is 1.93 bits per heavy atom. The number of carbonyl (C=O) groups is 2. The summed E-state index contributed by atoms with van der Waals surface area (Å²) in [7, 11) is 0. The number of benzene rings is 2. The van der Waals surface area contributed by atoms with Crippen molar-refractivity contribution in [1.82, 2.24) is 10.2 Å². The SMILES string of the molecule is O=C(NCc1c(F)cccc1Cl)[C@@H]1C[C@H](O)CN1C(=O)Nc1ccccc1. The number of amides is 3. The molecule has 142 valence electrons. The number of hydrogen-bond donors (Lipinski definition) is 3. The van der Waals surface area contributed by atoms with Crippen LogP contribution in [0.5, 0.6) is 0 Å². The van der Waals surface area contributed by atoms with Gasteiger partial charge in [-0.1, -0.05) is 35.9 Å². The van der Waals surface area contributed by atoms with E-state index < -0.39 is 29.9 Å². The highest BCUT2D eigenvalue weighted by Crippen LogP contribution is 2.22. The third-order valence-corrected chi connectivity index (χ3v) is 4.72. The molecular formula is C19H19ClFN3O3. The molecule has 1 heterocycles. The van der Waals surface area contributed by atoms with E-state index in [9.17, 15) is 19.1 Å². The van der Waals surface area contributed by atoms with Crippen LogP contribution in [0.25, 0.3) is 0 Å². The monoisotopic (exact) mass is 391 g/mol. The van der Waals surface area contributed by atoms with Gasteiger partial charge in [0.15, 0.2) is 0 Å². The molecule has 2 atom stereocenters. The number of anilines is 1. The van der Waals surface area contributed by atoms with E-state index in [0.717, 1.165) is 0 Å². The fourth-order valence-corrected chi connectivity index (χ4v) is 3.23. The van der Waals surface area contributed by atoms with Gasteiger partial charge in [-0.25, -0.2) is 9.18 Å². The first kappa shape index (κ1) is 19.1. The topological polar surface area (TPSA) is 81.7 Å². The van der Waals surface area contributed by atoms with Gasteiger partial charge in [0.05, 0.1) is 6.10 Å². The summed E-state index contributed by atoms with van der Waals surface area (Å²) in [5.74, 6) is -0.998. The van der Waals surface area contributed by atoms with Gasteiger partial charge in [0.2, 0.25) is 5.91 Å². The molecule has 0 aromatic heterocycles. The van der Waals surface area contributed by atoms with Gasteiger partial charge in [-0.3, -0.25) is 4.79 Å². The summed E-state index contributed by atoms with van der Waals surface area (Å²) in [4.78, 5) is 26.3. The number of para-hydroxylation sites is 1. The highest BCUT2D eigenvalue weighted by molar-refractivity contribution is 6.31. The molecule has 0 spiro atoms. The number of aliphatic hydroxyl groups is 1. The van der Waals surface area contributed by atoms with Gasteiger partial charge in [0, 0.05) is 35.8 Å². The second kappa shape index (κ2) is 8.37. The van der Waals surface area contributed by atoms with E-state index >= 15 is 0 Å². The summed E-state index contributed by atoms with van der Waals surface area (Å²) < 4.78 is 13.8. The number of nitrogens with one attached hydrogen (secondary N) is 2. The van der Waals surface area contributed by atoms with Crippen molar-refractivity contribution in [3.63, 3.8) is 0 Å². The summed E-state index contributed by atoms with van der Waals surface area (Å²) in [6, 6.07) is 11.7. The minimum atomic E-state index is -0.853. The zero-order valence-electron chi connectivity index (χ0n) is 14.4. The maximum atomic E-state index is 13.8. The van der Waals surface area contributed by atoms with Crippen LogP contribution in [-0.4, -0.2) is 40.6 Å². The molecule has 1 aliphatic rings. The van der Waals surface area contributed by atoms with E-state index in [1.165, 1.54) is 23.1 Å². The summed E-state index contributed by atoms with van der Waals surface area (Å²) in [5.41, 5.74) is 0.757. The summed E-state index contributed by atoms with van der Waals surface area (Å²) in [5, 5.41) is 15.4. The molecule has 1 aliphatic heterocycles. The molecule has 2 aromatic rings. The van der Waals surface area contributed by atoms with Crippen molar-refractivity contribution in [3.8, 4) is 0 Å². The van der Waals surface area contributed by atoms with Gasteiger partial charge in [-0.15, -0.1) is 0 Å². The van der Waals surface area contributed by atoms with E-state index in [1.807, 2.05) is 6.07 Å². The molecule has 3 N–H and O–H groups in total. The second-order valence-corrected chi connectivity index (χ2v) is 6.68. The molecule has 0 radical (unpaired) electrons. The van der Waals surface area contributed by atoms with Crippen molar-refractivity contribution in [1.29, 1.82) is 0 Å². The Bertz CT molecular complexity index is 814. The first-order valence-electron chi connectivity index (χ1n) is 8.47. The lowest BCUT2D eigenvalue weighted by molar-refractivity contribution is -0.124. The largest absolute Gasteiger partial charge is 0.391 e. The fourth-order valence-electron chi connectivity index (χ4n) is 3.00. The van der Waals surface area contributed by atoms with Crippen LogP contribution in [-0.2, 0) is 11.3 Å². The lowest BCUT2D eigenvalue weighted by atomic mass is 10.1. The number of hydrogen-bond acceptors (Lipinski definition) is 3. The highest BCUT2D eigenvalue weighted by atomic mass is 35.5. The lowest BCUT2D eigenvalue weighted by Gasteiger charge is -2.24. The summed E-state index contributed by atoms with van der Waals surface area (Å²) >= 11 is 5.96. The third-order valence-electron chi connectivity index (χ3n) is 4.37. The minimum absolute atomic E-state index is 0.0389. The Morgan fingerprint density at radius 3 is 2.63 bits per heavy atom. The molecule has 0 aliphatic carbocycles. The molecule has 27 heavy (non-hydrogen) atoms. The molecule has 0 bridgehead atoms. The smallest absolute Gasteiger partial charge is 0.322 e.